The Morgan fingerprint density at radius 3 is 2.92 bits per heavy atom. The first-order valence-electron chi connectivity index (χ1n) is 7.72. The van der Waals surface area contributed by atoms with Crippen LogP contribution in [0.25, 0.3) is 0 Å². The zero-order valence-electron chi connectivity index (χ0n) is 13.5. The fourth-order valence-corrected chi connectivity index (χ4v) is 3.55. The highest BCUT2D eigenvalue weighted by Gasteiger charge is 2.33. The Hall–Kier alpha value is -1.92. The number of thiophene rings is 1. The molecule has 0 fully saturated rings. The van der Waals surface area contributed by atoms with Gasteiger partial charge in [-0.2, -0.15) is 0 Å². The van der Waals surface area contributed by atoms with Crippen LogP contribution in [0.1, 0.15) is 30.7 Å². The molecule has 0 spiro atoms. The van der Waals surface area contributed by atoms with E-state index in [1.54, 1.807) is 17.3 Å². The molecule has 1 atom stereocenters. The number of amides is 1. The molecule has 3 heterocycles. The standard InChI is InChI=1S/C17H18ClN3O2S/c1-11(2)21(10-12-4-3-7-19-9-12)17(22)14-8-13(20-23-14)15-5-6-16(18)24-15/h3-7,9,11,14H,8,10H2,1-2H3. The van der Waals surface area contributed by atoms with Crippen molar-refractivity contribution in [1.82, 2.24) is 9.88 Å². The van der Waals surface area contributed by atoms with E-state index in [2.05, 4.69) is 10.1 Å². The van der Waals surface area contributed by atoms with Crippen LogP contribution in [0.2, 0.25) is 4.34 Å². The van der Waals surface area contributed by atoms with Gasteiger partial charge in [0, 0.05) is 31.4 Å². The maximum absolute atomic E-state index is 12.9. The number of halogens is 1. The van der Waals surface area contributed by atoms with E-state index in [0.717, 1.165) is 16.2 Å². The minimum atomic E-state index is -0.583. The van der Waals surface area contributed by atoms with Gasteiger partial charge in [-0.25, -0.2) is 0 Å². The molecule has 0 N–H and O–H groups in total. The average molecular weight is 364 g/mol. The van der Waals surface area contributed by atoms with Gasteiger partial charge in [0.25, 0.3) is 5.91 Å². The molecule has 0 saturated heterocycles. The molecular weight excluding hydrogens is 346 g/mol. The third-order valence-electron chi connectivity index (χ3n) is 3.78. The molecule has 0 saturated carbocycles. The van der Waals surface area contributed by atoms with E-state index < -0.39 is 6.10 Å². The highest BCUT2D eigenvalue weighted by atomic mass is 35.5. The van der Waals surface area contributed by atoms with E-state index in [0.29, 0.717) is 17.3 Å². The summed E-state index contributed by atoms with van der Waals surface area (Å²) in [7, 11) is 0. The SMILES string of the molecule is CC(C)N(Cc1cccnc1)C(=O)C1CC(c2ccc(Cl)s2)=NO1. The van der Waals surface area contributed by atoms with Crippen LogP contribution >= 0.6 is 22.9 Å². The molecule has 1 aliphatic heterocycles. The summed E-state index contributed by atoms with van der Waals surface area (Å²) >= 11 is 7.40. The minimum Gasteiger partial charge on any atom is -0.382 e. The Bertz CT molecular complexity index is 745. The average Bonchev–Trinajstić information content (AvgIpc) is 3.21. The molecule has 7 heteroatoms. The molecule has 5 nitrogen and oxygen atoms in total. The number of oxime groups is 1. The summed E-state index contributed by atoms with van der Waals surface area (Å²) in [5.41, 5.74) is 1.76. The Balaban J connectivity index is 1.68. The second-order valence-corrected chi connectivity index (χ2v) is 7.58. The van der Waals surface area contributed by atoms with Crippen LogP contribution < -0.4 is 0 Å². The zero-order valence-corrected chi connectivity index (χ0v) is 15.0. The third kappa shape index (κ3) is 3.76. The molecule has 24 heavy (non-hydrogen) atoms. The third-order valence-corrected chi connectivity index (χ3v) is 5.06. The monoisotopic (exact) mass is 363 g/mol. The van der Waals surface area contributed by atoms with E-state index in [1.165, 1.54) is 11.3 Å². The summed E-state index contributed by atoms with van der Waals surface area (Å²) in [5, 5.41) is 4.08. The smallest absolute Gasteiger partial charge is 0.267 e. The van der Waals surface area contributed by atoms with Crippen molar-refractivity contribution in [3.63, 3.8) is 0 Å². The van der Waals surface area contributed by atoms with Crippen LogP contribution in [-0.2, 0) is 16.2 Å². The summed E-state index contributed by atoms with van der Waals surface area (Å²) in [6.45, 7) is 4.48. The zero-order chi connectivity index (χ0) is 17.1. The molecule has 0 bridgehead atoms. The van der Waals surface area contributed by atoms with Crippen molar-refractivity contribution in [3.8, 4) is 0 Å². The Morgan fingerprint density at radius 1 is 1.46 bits per heavy atom. The molecule has 0 aliphatic carbocycles. The second-order valence-electron chi connectivity index (χ2n) is 5.86. The Morgan fingerprint density at radius 2 is 2.29 bits per heavy atom. The molecule has 2 aromatic rings. The normalized spacial score (nSPS) is 16.8. The van der Waals surface area contributed by atoms with Crippen LogP contribution in [-0.4, -0.2) is 33.6 Å². The van der Waals surface area contributed by atoms with Crippen LogP contribution in [0.15, 0.2) is 41.8 Å². The summed E-state index contributed by atoms with van der Waals surface area (Å²) in [4.78, 5) is 25.1. The fourth-order valence-electron chi connectivity index (χ4n) is 2.51. The number of hydrogen-bond donors (Lipinski definition) is 0. The summed E-state index contributed by atoms with van der Waals surface area (Å²) in [5.74, 6) is -0.0599. The second kappa shape index (κ2) is 7.32. The van der Waals surface area contributed by atoms with Gasteiger partial charge in [0.05, 0.1) is 9.21 Å². The summed E-state index contributed by atoms with van der Waals surface area (Å²) in [6.07, 6.45) is 3.37. The van der Waals surface area contributed by atoms with Gasteiger partial charge in [-0.15, -0.1) is 11.3 Å². The lowest BCUT2D eigenvalue weighted by atomic mass is 10.1. The van der Waals surface area contributed by atoms with Crippen LogP contribution in [0.5, 0.6) is 0 Å². The molecule has 126 valence electrons. The van der Waals surface area contributed by atoms with Gasteiger partial charge in [-0.05, 0) is 37.6 Å². The van der Waals surface area contributed by atoms with E-state index >= 15 is 0 Å². The quantitative estimate of drug-likeness (QED) is 0.813. The maximum atomic E-state index is 12.9. The van der Waals surface area contributed by atoms with Gasteiger partial charge in [0.2, 0.25) is 6.10 Å². The summed E-state index contributed by atoms with van der Waals surface area (Å²) in [6, 6.07) is 7.61. The first-order chi connectivity index (χ1) is 11.5. The van der Waals surface area contributed by atoms with Gasteiger partial charge in [-0.1, -0.05) is 22.8 Å². The minimum absolute atomic E-state index is 0.0570. The number of carbonyl (C=O) groups excluding carboxylic acids is 1. The lowest BCUT2D eigenvalue weighted by Gasteiger charge is -2.28. The maximum Gasteiger partial charge on any atom is 0.267 e. The largest absolute Gasteiger partial charge is 0.382 e. The molecule has 3 rings (SSSR count). The van der Waals surface area contributed by atoms with Gasteiger partial charge in [-0.3, -0.25) is 9.78 Å². The first-order valence-corrected chi connectivity index (χ1v) is 8.92. The van der Waals surface area contributed by atoms with Crippen LogP contribution in [0.4, 0.5) is 0 Å². The van der Waals surface area contributed by atoms with E-state index in [1.807, 2.05) is 38.1 Å². The number of aromatic nitrogens is 1. The molecule has 0 aromatic carbocycles. The van der Waals surface area contributed by atoms with Crippen molar-refractivity contribution < 1.29 is 9.63 Å². The lowest BCUT2D eigenvalue weighted by molar-refractivity contribution is -0.144. The van der Waals surface area contributed by atoms with Crippen molar-refractivity contribution in [2.24, 2.45) is 5.16 Å². The lowest BCUT2D eigenvalue weighted by Crippen LogP contribution is -2.43. The Labute approximate surface area is 149 Å². The van der Waals surface area contributed by atoms with Gasteiger partial charge >= 0.3 is 0 Å². The van der Waals surface area contributed by atoms with Crippen molar-refractivity contribution in [2.75, 3.05) is 0 Å². The molecule has 0 radical (unpaired) electrons. The number of hydrogen-bond acceptors (Lipinski definition) is 5. The molecule has 1 unspecified atom stereocenters. The van der Waals surface area contributed by atoms with Crippen molar-refractivity contribution in [3.05, 3.63) is 51.4 Å². The fraction of sp³-hybridized carbons (Fsp3) is 0.353. The number of rotatable bonds is 5. The summed E-state index contributed by atoms with van der Waals surface area (Å²) < 4.78 is 0.697. The Kier molecular flexibility index (Phi) is 5.16. The predicted octanol–water partition coefficient (Wildman–Crippen LogP) is 3.73. The highest BCUT2D eigenvalue weighted by molar-refractivity contribution is 7.18. The highest BCUT2D eigenvalue weighted by Crippen LogP contribution is 2.27. The van der Waals surface area contributed by atoms with Crippen molar-refractivity contribution >= 4 is 34.6 Å². The first kappa shape index (κ1) is 16.9. The topological polar surface area (TPSA) is 54.8 Å². The van der Waals surface area contributed by atoms with Crippen LogP contribution in [0.3, 0.4) is 0 Å². The van der Waals surface area contributed by atoms with Crippen LogP contribution in [0, 0.1) is 0 Å². The molecule has 1 amide bonds. The van der Waals surface area contributed by atoms with Crippen molar-refractivity contribution in [1.29, 1.82) is 0 Å². The van der Waals surface area contributed by atoms with Gasteiger partial charge in [0.1, 0.15) is 5.71 Å². The predicted molar refractivity (Wildman–Crippen MR) is 95.3 cm³/mol. The van der Waals surface area contributed by atoms with Gasteiger partial charge < -0.3 is 9.74 Å². The van der Waals surface area contributed by atoms with E-state index in [-0.39, 0.29) is 11.9 Å². The van der Waals surface area contributed by atoms with E-state index in [4.69, 9.17) is 16.4 Å². The molecule has 2 aromatic heterocycles. The molecular formula is C17H18ClN3O2S. The number of carbonyl (C=O) groups is 1. The molecule has 1 aliphatic rings. The van der Waals surface area contributed by atoms with E-state index in [9.17, 15) is 4.79 Å². The van der Waals surface area contributed by atoms with Crippen molar-refractivity contribution in [2.45, 2.75) is 39.0 Å². The number of nitrogens with zero attached hydrogens (tertiary/aromatic N) is 3. The number of pyridine rings is 1. The van der Waals surface area contributed by atoms with Gasteiger partial charge in [0.15, 0.2) is 0 Å².